The van der Waals surface area contributed by atoms with Crippen LogP contribution in [0.25, 0.3) is 0 Å². The van der Waals surface area contributed by atoms with Gasteiger partial charge in [-0.3, -0.25) is 4.79 Å². The Balaban J connectivity index is 1.96. The van der Waals surface area contributed by atoms with E-state index in [4.69, 9.17) is 4.42 Å². The second kappa shape index (κ2) is 7.25. The molecule has 6 nitrogen and oxygen atoms in total. The summed E-state index contributed by atoms with van der Waals surface area (Å²) in [6.45, 7) is 6.90. The first kappa shape index (κ1) is 18.7. The number of carbonyl (C=O) groups excluding carboxylic acids is 1. The lowest BCUT2D eigenvalue weighted by molar-refractivity contribution is 0.0957. The minimum atomic E-state index is -3.51. The summed E-state index contributed by atoms with van der Waals surface area (Å²) >= 11 is 0. The number of benzene rings is 1. The van der Waals surface area contributed by atoms with E-state index >= 15 is 0 Å². The highest BCUT2D eigenvalue weighted by molar-refractivity contribution is 7.89. The number of rotatable bonds is 5. The van der Waals surface area contributed by atoms with Crippen LogP contribution in [0.2, 0.25) is 0 Å². The van der Waals surface area contributed by atoms with Gasteiger partial charge in [0.15, 0.2) is 5.76 Å². The van der Waals surface area contributed by atoms with Crippen LogP contribution >= 0.6 is 0 Å². The molecule has 0 atom stereocenters. The maximum atomic E-state index is 12.8. The van der Waals surface area contributed by atoms with Gasteiger partial charge >= 0.3 is 0 Å². The molecule has 1 aliphatic heterocycles. The summed E-state index contributed by atoms with van der Waals surface area (Å²) in [6, 6.07) is 8.46. The average molecular weight is 376 g/mol. The van der Waals surface area contributed by atoms with Crippen LogP contribution in [-0.2, 0) is 16.4 Å². The van der Waals surface area contributed by atoms with Gasteiger partial charge in [0.2, 0.25) is 10.0 Å². The molecule has 0 saturated heterocycles. The highest BCUT2D eigenvalue weighted by Crippen LogP contribution is 2.31. The van der Waals surface area contributed by atoms with Crippen LogP contribution in [0.3, 0.4) is 0 Å². The molecule has 7 heteroatoms. The Hall–Kier alpha value is -2.12. The molecule has 0 radical (unpaired) electrons. The number of nitrogens with zero attached hydrogens (tertiary/aromatic N) is 2. The van der Waals surface area contributed by atoms with Gasteiger partial charge in [0, 0.05) is 25.3 Å². The number of sulfonamides is 1. The zero-order chi connectivity index (χ0) is 18.9. The monoisotopic (exact) mass is 376 g/mol. The van der Waals surface area contributed by atoms with Crippen molar-refractivity contribution >= 4 is 21.6 Å². The number of fused-ring (bicyclic) bond motifs is 1. The van der Waals surface area contributed by atoms with Crippen molar-refractivity contribution in [2.24, 2.45) is 0 Å². The maximum absolute atomic E-state index is 12.8. The third-order valence-electron chi connectivity index (χ3n) is 4.71. The third-order valence-corrected chi connectivity index (χ3v) is 6.75. The molecule has 1 aliphatic rings. The van der Waals surface area contributed by atoms with E-state index in [0.29, 0.717) is 31.2 Å². The van der Waals surface area contributed by atoms with Crippen LogP contribution in [0.5, 0.6) is 0 Å². The van der Waals surface area contributed by atoms with Crippen LogP contribution in [0.1, 0.15) is 42.1 Å². The van der Waals surface area contributed by atoms with Crippen molar-refractivity contribution < 1.29 is 17.6 Å². The Morgan fingerprint density at radius 1 is 1.19 bits per heavy atom. The molecule has 0 N–H and O–H groups in total. The highest BCUT2D eigenvalue weighted by Gasteiger charge is 2.28. The predicted octanol–water partition coefficient (Wildman–Crippen LogP) is 3.21. The molecule has 0 unspecified atom stereocenters. The first-order valence-corrected chi connectivity index (χ1v) is 10.3. The largest absolute Gasteiger partial charge is 0.456 e. The fourth-order valence-electron chi connectivity index (χ4n) is 3.34. The van der Waals surface area contributed by atoms with Crippen molar-refractivity contribution in [2.75, 3.05) is 24.5 Å². The number of carbonyl (C=O) groups is 1. The van der Waals surface area contributed by atoms with Crippen molar-refractivity contribution in [3.8, 4) is 0 Å². The molecule has 0 aliphatic carbocycles. The standard InChI is InChI=1S/C19H24N2O4S/c1-4-20(5-2)26(23,24)16-9-10-17-15(13-16)7-6-12-21(17)19(22)18-11-8-14(3)25-18/h8-11,13H,4-7,12H2,1-3H3. The number of anilines is 1. The van der Waals surface area contributed by atoms with Gasteiger partial charge in [0.05, 0.1) is 4.90 Å². The molecular formula is C19H24N2O4S. The van der Waals surface area contributed by atoms with E-state index < -0.39 is 10.0 Å². The second-order valence-corrected chi connectivity index (χ2v) is 8.29. The molecule has 1 aromatic carbocycles. The lowest BCUT2D eigenvalue weighted by Gasteiger charge is -2.29. The van der Waals surface area contributed by atoms with Crippen LogP contribution < -0.4 is 4.90 Å². The van der Waals surface area contributed by atoms with E-state index in [9.17, 15) is 13.2 Å². The van der Waals surface area contributed by atoms with E-state index in [1.165, 1.54) is 4.31 Å². The molecular weight excluding hydrogens is 352 g/mol. The van der Waals surface area contributed by atoms with E-state index in [2.05, 4.69) is 0 Å². The molecule has 140 valence electrons. The van der Waals surface area contributed by atoms with Crippen molar-refractivity contribution in [3.63, 3.8) is 0 Å². The van der Waals surface area contributed by atoms with Gasteiger partial charge < -0.3 is 9.32 Å². The highest BCUT2D eigenvalue weighted by atomic mass is 32.2. The molecule has 0 spiro atoms. The zero-order valence-electron chi connectivity index (χ0n) is 15.4. The van der Waals surface area contributed by atoms with Gasteiger partial charge in [-0.15, -0.1) is 0 Å². The topological polar surface area (TPSA) is 70.8 Å². The van der Waals surface area contributed by atoms with Crippen LogP contribution in [0.4, 0.5) is 5.69 Å². The van der Waals surface area contributed by atoms with Gasteiger partial charge in [0.1, 0.15) is 5.76 Å². The predicted molar refractivity (Wildman–Crippen MR) is 100.0 cm³/mol. The van der Waals surface area contributed by atoms with Gasteiger partial charge in [-0.2, -0.15) is 4.31 Å². The Morgan fingerprint density at radius 2 is 1.92 bits per heavy atom. The molecule has 3 rings (SSSR count). The van der Waals surface area contributed by atoms with Crippen LogP contribution in [-0.4, -0.2) is 38.3 Å². The minimum Gasteiger partial charge on any atom is -0.456 e. The summed E-state index contributed by atoms with van der Waals surface area (Å²) < 4.78 is 32.4. The fraction of sp³-hybridized carbons (Fsp3) is 0.421. The molecule has 2 heterocycles. The van der Waals surface area contributed by atoms with Gasteiger partial charge in [-0.1, -0.05) is 13.8 Å². The van der Waals surface area contributed by atoms with Crippen molar-refractivity contribution in [1.82, 2.24) is 4.31 Å². The molecule has 26 heavy (non-hydrogen) atoms. The Bertz CT molecular complexity index is 913. The van der Waals surface area contributed by atoms with Crippen molar-refractivity contribution in [1.29, 1.82) is 0 Å². The Kier molecular flexibility index (Phi) is 5.20. The van der Waals surface area contributed by atoms with Crippen molar-refractivity contribution in [3.05, 3.63) is 47.4 Å². The first-order chi connectivity index (χ1) is 12.4. The average Bonchev–Trinajstić information content (AvgIpc) is 3.07. The Labute approximate surface area is 154 Å². The number of furan rings is 1. The SMILES string of the molecule is CCN(CC)S(=O)(=O)c1ccc2c(c1)CCCN2C(=O)c1ccc(C)o1. The minimum absolute atomic E-state index is 0.196. The fourth-order valence-corrected chi connectivity index (χ4v) is 4.85. The number of hydrogen-bond acceptors (Lipinski definition) is 4. The molecule has 0 saturated carbocycles. The maximum Gasteiger partial charge on any atom is 0.293 e. The van der Waals surface area contributed by atoms with Gasteiger partial charge in [-0.25, -0.2) is 8.42 Å². The van der Waals surface area contributed by atoms with Gasteiger partial charge in [-0.05, 0) is 55.7 Å². The normalized spacial score (nSPS) is 14.5. The van der Waals surface area contributed by atoms with E-state index in [1.54, 1.807) is 42.2 Å². The van der Waals surface area contributed by atoms with Crippen LogP contribution in [0.15, 0.2) is 39.6 Å². The van der Waals surface area contributed by atoms with E-state index in [0.717, 1.165) is 24.1 Å². The molecule has 1 amide bonds. The molecule has 1 aromatic heterocycles. The Morgan fingerprint density at radius 3 is 2.54 bits per heavy atom. The van der Waals surface area contributed by atoms with Crippen LogP contribution in [0, 0.1) is 6.92 Å². The van der Waals surface area contributed by atoms with Crippen molar-refractivity contribution in [2.45, 2.75) is 38.5 Å². The smallest absolute Gasteiger partial charge is 0.293 e. The second-order valence-electron chi connectivity index (χ2n) is 6.35. The summed E-state index contributed by atoms with van der Waals surface area (Å²) in [5.74, 6) is 0.792. The number of amides is 1. The quantitative estimate of drug-likeness (QED) is 0.803. The summed E-state index contributed by atoms with van der Waals surface area (Å²) in [6.07, 6.45) is 1.53. The number of aryl methyl sites for hydroxylation is 2. The molecule has 0 bridgehead atoms. The number of hydrogen-bond donors (Lipinski definition) is 0. The lowest BCUT2D eigenvalue weighted by Crippen LogP contribution is -2.35. The summed E-state index contributed by atoms with van der Waals surface area (Å²) in [4.78, 5) is 14.7. The van der Waals surface area contributed by atoms with E-state index in [-0.39, 0.29) is 10.8 Å². The first-order valence-electron chi connectivity index (χ1n) is 8.89. The summed E-state index contributed by atoms with van der Waals surface area (Å²) in [5.41, 5.74) is 1.63. The van der Waals surface area contributed by atoms with E-state index in [1.807, 2.05) is 13.8 Å². The summed E-state index contributed by atoms with van der Waals surface area (Å²) in [7, 11) is -3.51. The zero-order valence-corrected chi connectivity index (χ0v) is 16.2. The molecule has 2 aromatic rings. The molecule has 0 fully saturated rings. The third kappa shape index (κ3) is 3.29. The summed E-state index contributed by atoms with van der Waals surface area (Å²) in [5, 5.41) is 0. The van der Waals surface area contributed by atoms with Gasteiger partial charge in [0.25, 0.3) is 5.91 Å². The lowest BCUT2D eigenvalue weighted by atomic mass is 10.0.